The SMILES string of the molecule is CC.COCCCNC(=O)OC(C)(C)C. The van der Waals surface area contributed by atoms with Crippen molar-refractivity contribution in [2.24, 2.45) is 0 Å². The van der Waals surface area contributed by atoms with Crippen LogP contribution in [0.25, 0.3) is 0 Å². The number of rotatable bonds is 4. The average Bonchev–Trinajstić information content (AvgIpc) is 2.13. The molecule has 4 nitrogen and oxygen atoms in total. The summed E-state index contributed by atoms with van der Waals surface area (Å²) in [5.41, 5.74) is -0.425. The molecule has 0 rings (SSSR count). The van der Waals surface area contributed by atoms with Crippen LogP contribution in [-0.2, 0) is 9.47 Å². The van der Waals surface area contributed by atoms with Crippen molar-refractivity contribution < 1.29 is 14.3 Å². The molecule has 1 amide bonds. The van der Waals surface area contributed by atoms with Gasteiger partial charge in [0.2, 0.25) is 0 Å². The zero-order chi connectivity index (χ0) is 12.3. The normalized spacial score (nSPS) is 10.0. The van der Waals surface area contributed by atoms with Gasteiger partial charge in [-0.05, 0) is 27.2 Å². The number of amides is 1. The fraction of sp³-hybridized carbons (Fsp3) is 0.909. The van der Waals surface area contributed by atoms with Crippen molar-refractivity contribution in [3.8, 4) is 0 Å². The Balaban J connectivity index is 0. The molecule has 0 aromatic heterocycles. The van der Waals surface area contributed by atoms with Crippen molar-refractivity contribution in [3.05, 3.63) is 0 Å². The van der Waals surface area contributed by atoms with Crippen molar-refractivity contribution in [1.82, 2.24) is 5.32 Å². The van der Waals surface area contributed by atoms with Gasteiger partial charge in [0.1, 0.15) is 5.60 Å². The minimum absolute atomic E-state index is 0.372. The molecule has 0 atom stereocenters. The topological polar surface area (TPSA) is 47.6 Å². The first-order chi connectivity index (χ1) is 6.95. The Labute approximate surface area is 93.3 Å². The highest BCUT2D eigenvalue weighted by Gasteiger charge is 2.15. The molecule has 0 spiro atoms. The Hall–Kier alpha value is -0.770. The monoisotopic (exact) mass is 219 g/mol. The van der Waals surface area contributed by atoms with E-state index >= 15 is 0 Å². The molecule has 0 bridgehead atoms. The van der Waals surface area contributed by atoms with E-state index in [0.717, 1.165) is 6.42 Å². The van der Waals surface area contributed by atoms with Gasteiger partial charge < -0.3 is 14.8 Å². The van der Waals surface area contributed by atoms with Crippen molar-refractivity contribution >= 4 is 6.09 Å². The molecule has 0 aliphatic heterocycles. The van der Waals surface area contributed by atoms with Crippen LogP contribution < -0.4 is 5.32 Å². The first kappa shape index (κ1) is 16.7. The van der Waals surface area contributed by atoms with Crippen LogP contribution in [0.2, 0.25) is 0 Å². The molecule has 0 saturated carbocycles. The predicted octanol–water partition coefficient (Wildman–Crippen LogP) is 2.57. The van der Waals surface area contributed by atoms with Crippen LogP contribution in [0.1, 0.15) is 41.0 Å². The maximum absolute atomic E-state index is 11.0. The summed E-state index contributed by atoms with van der Waals surface area (Å²) in [6.07, 6.45) is 0.430. The van der Waals surface area contributed by atoms with Crippen molar-refractivity contribution in [3.63, 3.8) is 0 Å². The standard InChI is InChI=1S/C9H19NO3.C2H6/c1-9(2,3)13-8(11)10-6-5-7-12-4;1-2/h5-7H2,1-4H3,(H,10,11);1-2H3. The van der Waals surface area contributed by atoms with Crippen molar-refractivity contribution in [2.45, 2.75) is 46.6 Å². The van der Waals surface area contributed by atoms with Gasteiger partial charge in [0.15, 0.2) is 0 Å². The van der Waals surface area contributed by atoms with Crippen LogP contribution in [-0.4, -0.2) is 32.0 Å². The summed E-state index contributed by atoms with van der Waals surface area (Å²) in [5, 5.41) is 2.63. The largest absolute Gasteiger partial charge is 0.444 e. The summed E-state index contributed by atoms with van der Waals surface area (Å²) in [5.74, 6) is 0. The molecule has 0 aliphatic rings. The number of alkyl carbamates (subject to hydrolysis) is 1. The van der Waals surface area contributed by atoms with E-state index in [1.54, 1.807) is 7.11 Å². The Morgan fingerprint density at radius 2 is 1.80 bits per heavy atom. The Morgan fingerprint density at radius 3 is 2.20 bits per heavy atom. The molecule has 92 valence electrons. The van der Waals surface area contributed by atoms with E-state index in [2.05, 4.69) is 5.32 Å². The van der Waals surface area contributed by atoms with Gasteiger partial charge in [0, 0.05) is 20.3 Å². The highest BCUT2D eigenvalue weighted by atomic mass is 16.6. The summed E-state index contributed by atoms with van der Waals surface area (Å²) >= 11 is 0. The Kier molecular flexibility index (Phi) is 10.8. The Bertz CT molecular complexity index is 152. The van der Waals surface area contributed by atoms with Gasteiger partial charge in [-0.3, -0.25) is 0 Å². The van der Waals surface area contributed by atoms with Gasteiger partial charge in [0.25, 0.3) is 0 Å². The third kappa shape index (κ3) is 15.9. The lowest BCUT2D eigenvalue weighted by atomic mass is 10.2. The lowest BCUT2D eigenvalue weighted by Crippen LogP contribution is -2.33. The zero-order valence-electron chi connectivity index (χ0n) is 10.8. The number of methoxy groups -OCH3 is 1. The van der Waals surface area contributed by atoms with Gasteiger partial charge >= 0.3 is 6.09 Å². The van der Waals surface area contributed by atoms with E-state index in [-0.39, 0.29) is 6.09 Å². The predicted molar refractivity (Wildman–Crippen MR) is 62.1 cm³/mol. The lowest BCUT2D eigenvalue weighted by Gasteiger charge is -2.19. The fourth-order valence-corrected chi connectivity index (χ4v) is 0.721. The summed E-state index contributed by atoms with van der Waals surface area (Å²) in [6.45, 7) is 10.7. The third-order valence-corrected chi connectivity index (χ3v) is 1.19. The molecule has 0 fully saturated rings. The molecule has 1 N–H and O–H groups in total. The summed E-state index contributed by atoms with van der Waals surface area (Å²) in [4.78, 5) is 11.0. The number of carbonyl (C=O) groups excluding carboxylic acids is 1. The van der Waals surface area contributed by atoms with Gasteiger partial charge in [0.05, 0.1) is 0 Å². The van der Waals surface area contributed by atoms with Crippen LogP contribution >= 0.6 is 0 Å². The molecule has 4 heteroatoms. The maximum atomic E-state index is 11.0. The molecule has 0 radical (unpaired) electrons. The summed E-state index contributed by atoms with van der Waals surface area (Å²) in [7, 11) is 1.63. The van der Waals surface area contributed by atoms with Gasteiger partial charge in [-0.25, -0.2) is 4.79 Å². The third-order valence-electron chi connectivity index (χ3n) is 1.19. The van der Waals surface area contributed by atoms with Gasteiger partial charge in [-0.15, -0.1) is 0 Å². The first-order valence-electron chi connectivity index (χ1n) is 5.41. The molecule has 0 heterocycles. The smallest absolute Gasteiger partial charge is 0.407 e. The molecule has 0 aliphatic carbocycles. The van der Waals surface area contributed by atoms with Gasteiger partial charge in [-0.1, -0.05) is 13.8 Å². The number of hydrogen-bond acceptors (Lipinski definition) is 3. The van der Waals surface area contributed by atoms with E-state index in [1.165, 1.54) is 0 Å². The fourth-order valence-electron chi connectivity index (χ4n) is 0.721. The Morgan fingerprint density at radius 1 is 1.27 bits per heavy atom. The van der Waals surface area contributed by atoms with E-state index < -0.39 is 5.60 Å². The molecule has 0 saturated heterocycles. The highest BCUT2D eigenvalue weighted by Crippen LogP contribution is 2.06. The van der Waals surface area contributed by atoms with E-state index in [1.807, 2.05) is 34.6 Å². The van der Waals surface area contributed by atoms with Crippen LogP contribution in [0.15, 0.2) is 0 Å². The molecular formula is C11H25NO3. The highest BCUT2D eigenvalue weighted by molar-refractivity contribution is 5.67. The minimum Gasteiger partial charge on any atom is -0.444 e. The summed E-state index contributed by atoms with van der Waals surface area (Å²) < 4.78 is 9.86. The number of ether oxygens (including phenoxy) is 2. The summed E-state index contributed by atoms with van der Waals surface area (Å²) in [6, 6.07) is 0. The van der Waals surface area contributed by atoms with Crippen molar-refractivity contribution in [2.75, 3.05) is 20.3 Å². The average molecular weight is 219 g/mol. The lowest BCUT2D eigenvalue weighted by molar-refractivity contribution is 0.0523. The van der Waals surface area contributed by atoms with E-state index in [4.69, 9.17) is 9.47 Å². The van der Waals surface area contributed by atoms with Crippen LogP contribution in [0, 0.1) is 0 Å². The van der Waals surface area contributed by atoms with E-state index in [9.17, 15) is 4.79 Å². The second kappa shape index (κ2) is 9.77. The zero-order valence-corrected chi connectivity index (χ0v) is 10.8. The number of hydrogen-bond donors (Lipinski definition) is 1. The maximum Gasteiger partial charge on any atom is 0.407 e. The van der Waals surface area contributed by atoms with Crippen LogP contribution in [0.5, 0.6) is 0 Å². The molecule has 0 aromatic rings. The number of carbonyl (C=O) groups is 1. The first-order valence-corrected chi connectivity index (χ1v) is 5.41. The molecule has 0 aromatic carbocycles. The number of nitrogens with one attached hydrogen (secondary N) is 1. The second-order valence-corrected chi connectivity index (χ2v) is 3.78. The minimum atomic E-state index is -0.425. The van der Waals surface area contributed by atoms with Crippen LogP contribution in [0.3, 0.4) is 0 Å². The van der Waals surface area contributed by atoms with Crippen molar-refractivity contribution in [1.29, 1.82) is 0 Å². The quantitative estimate of drug-likeness (QED) is 0.739. The van der Waals surface area contributed by atoms with Crippen LogP contribution in [0.4, 0.5) is 4.79 Å². The molecule has 0 unspecified atom stereocenters. The molecular weight excluding hydrogens is 194 g/mol. The second-order valence-electron chi connectivity index (χ2n) is 3.78. The molecule has 15 heavy (non-hydrogen) atoms. The van der Waals surface area contributed by atoms with Gasteiger partial charge in [-0.2, -0.15) is 0 Å². The van der Waals surface area contributed by atoms with E-state index in [0.29, 0.717) is 13.2 Å².